The minimum atomic E-state index is -3.77. The number of amides is 1. The van der Waals surface area contributed by atoms with Crippen molar-refractivity contribution >= 4 is 27.3 Å². The summed E-state index contributed by atoms with van der Waals surface area (Å²) in [7, 11) is -2.26. The topological polar surface area (TPSA) is 93.7 Å². The molecule has 156 valence electrons. The van der Waals surface area contributed by atoms with Crippen LogP contribution in [-0.2, 0) is 14.8 Å². The molecule has 0 aromatic heterocycles. The molecule has 0 radical (unpaired) electrons. The quantitative estimate of drug-likeness (QED) is 0.571. The molecular weight excluding hydrogens is 404 g/mol. The number of sulfonamides is 1. The maximum Gasteiger partial charge on any atom is 0.262 e. The SMILES string of the molecule is COc1cccc(NS(=O)(=O)c2ccc(OCC(=O)Nc3ccccc3C)cc2)c1. The number of nitrogens with one attached hydrogen (secondary N) is 2. The lowest BCUT2D eigenvalue weighted by atomic mass is 10.2. The lowest BCUT2D eigenvalue weighted by molar-refractivity contribution is -0.118. The second-order valence-electron chi connectivity index (χ2n) is 6.46. The van der Waals surface area contributed by atoms with Crippen LogP contribution >= 0.6 is 0 Å². The third-order valence-corrected chi connectivity index (χ3v) is 5.64. The van der Waals surface area contributed by atoms with E-state index < -0.39 is 10.0 Å². The first-order valence-corrected chi connectivity index (χ1v) is 10.6. The molecule has 0 spiro atoms. The zero-order chi connectivity index (χ0) is 21.6. The molecule has 0 aliphatic heterocycles. The van der Waals surface area contributed by atoms with Crippen LogP contribution in [-0.4, -0.2) is 28.0 Å². The molecule has 0 fully saturated rings. The van der Waals surface area contributed by atoms with Crippen molar-refractivity contribution in [2.24, 2.45) is 0 Å². The third kappa shape index (κ3) is 5.51. The van der Waals surface area contributed by atoms with Gasteiger partial charge in [0, 0.05) is 11.8 Å². The van der Waals surface area contributed by atoms with Crippen LogP contribution < -0.4 is 19.5 Å². The first-order chi connectivity index (χ1) is 14.4. The molecule has 0 atom stereocenters. The van der Waals surface area contributed by atoms with Crippen molar-refractivity contribution in [3.8, 4) is 11.5 Å². The minimum absolute atomic E-state index is 0.0713. The van der Waals surface area contributed by atoms with Crippen molar-refractivity contribution in [3.63, 3.8) is 0 Å². The largest absolute Gasteiger partial charge is 0.497 e. The summed E-state index contributed by atoms with van der Waals surface area (Å²) >= 11 is 0. The van der Waals surface area contributed by atoms with Gasteiger partial charge in [-0.15, -0.1) is 0 Å². The average Bonchev–Trinajstić information content (AvgIpc) is 2.74. The lowest BCUT2D eigenvalue weighted by Crippen LogP contribution is -2.20. The molecule has 0 saturated heterocycles. The molecule has 7 nitrogen and oxygen atoms in total. The Bertz CT molecular complexity index is 1130. The van der Waals surface area contributed by atoms with Crippen molar-refractivity contribution in [2.45, 2.75) is 11.8 Å². The van der Waals surface area contributed by atoms with Crippen molar-refractivity contribution in [1.82, 2.24) is 0 Å². The summed E-state index contributed by atoms with van der Waals surface area (Å²) in [4.78, 5) is 12.1. The average molecular weight is 426 g/mol. The highest BCUT2D eigenvalue weighted by molar-refractivity contribution is 7.92. The Morgan fingerprint density at radius 1 is 0.933 bits per heavy atom. The van der Waals surface area contributed by atoms with E-state index >= 15 is 0 Å². The highest BCUT2D eigenvalue weighted by Gasteiger charge is 2.15. The van der Waals surface area contributed by atoms with Gasteiger partial charge >= 0.3 is 0 Å². The molecule has 0 aliphatic carbocycles. The fraction of sp³-hybridized carbons (Fsp3) is 0.136. The standard InChI is InChI=1S/C22H22N2O5S/c1-16-6-3-4-9-21(16)23-22(25)15-29-18-10-12-20(13-11-18)30(26,27)24-17-7-5-8-19(14-17)28-2/h3-14,24H,15H2,1-2H3,(H,23,25). The summed E-state index contributed by atoms with van der Waals surface area (Å²) in [6.45, 7) is 1.71. The molecule has 1 amide bonds. The molecule has 8 heteroatoms. The van der Waals surface area contributed by atoms with Gasteiger partial charge in [-0.3, -0.25) is 9.52 Å². The van der Waals surface area contributed by atoms with Gasteiger partial charge in [-0.2, -0.15) is 0 Å². The Morgan fingerprint density at radius 2 is 1.67 bits per heavy atom. The van der Waals surface area contributed by atoms with E-state index in [2.05, 4.69) is 10.0 Å². The number of ether oxygens (including phenoxy) is 2. The maximum atomic E-state index is 12.6. The van der Waals surface area contributed by atoms with Gasteiger partial charge in [0.2, 0.25) is 0 Å². The summed E-state index contributed by atoms with van der Waals surface area (Å²) < 4.78 is 38.2. The second kappa shape index (κ2) is 9.32. The number of hydrogen-bond acceptors (Lipinski definition) is 5. The number of benzene rings is 3. The van der Waals surface area contributed by atoms with E-state index in [9.17, 15) is 13.2 Å². The van der Waals surface area contributed by atoms with Crippen LogP contribution in [0, 0.1) is 6.92 Å². The molecule has 2 N–H and O–H groups in total. The molecule has 0 heterocycles. The number of carbonyl (C=O) groups is 1. The van der Waals surface area contributed by atoms with E-state index in [0.717, 1.165) is 11.3 Å². The van der Waals surface area contributed by atoms with Crippen LogP contribution in [0.2, 0.25) is 0 Å². The predicted molar refractivity (Wildman–Crippen MR) is 116 cm³/mol. The maximum absolute atomic E-state index is 12.6. The van der Waals surface area contributed by atoms with Crippen LogP contribution in [0.15, 0.2) is 77.7 Å². The van der Waals surface area contributed by atoms with Crippen LogP contribution in [0.4, 0.5) is 11.4 Å². The van der Waals surface area contributed by atoms with Gasteiger partial charge in [0.15, 0.2) is 6.61 Å². The Hall–Kier alpha value is -3.52. The number of carbonyl (C=O) groups excluding carboxylic acids is 1. The number of hydrogen-bond donors (Lipinski definition) is 2. The Labute approximate surface area is 175 Å². The number of aryl methyl sites for hydroxylation is 1. The van der Waals surface area contributed by atoms with E-state index in [1.54, 1.807) is 24.3 Å². The van der Waals surface area contributed by atoms with E-state index in [1.807, 2.05) is 31.2 Å². The second-order valence-corrected chi connectivity index (χ2v) is 8.14. The van der Waals surface area contributed by atoms with Gasteiger partial charge < -0.3 is 14.8 Å². The molecule has 0 bridgehead atoms. The molecule has 0 unspecified atom stereocenters. The van der Waals surface area contributed by atoms with E-state index in [1.165, 1.54) is 31.4 Å². The molecular formula is C22H22N2O5S. The highest BCUT2D eigenvalue weighted by Crippen LogP contribution is 2.22. The number of methoxy groups -OCH3 is 1. The number of rotatable bonds is 8. The molecule has 30 heavy (non-hydrogen) atoms. The zero-order valence-electron chi connectivity index (χ0n) is 16.6. The van der Waals surface area contributed by atoms with Gasteiger partial charge in [0.1, 0.15) is 11.5 Å². The fourth-order valence-electron chi connectivity index (χ4n) is 2.66. The van der Waals surface area contributed by atoms with Crippen LogP contribution in [0.25, 0.3) is 0 Å². The van der Waals surface area contributed by atoms with Crippen LogP contribution in [0.1, 0.15) is 5.56 Å². The monoisotopic (exact) mass is 426 g/mol. The Balaban J connectivity index is 1.60. The van der Waals surface area contributed by atoms with Crippen LogP contribution in [0.5, 0.6) is 11.5 Å². The van der Waals surface area contributed by atoms with Gasteiger partial charge in [-0.1, -0.05) is 24.3 Å². The van der Waals surface area contributed by atoms with Crippen molar-refractivity contribution in [3.05, 3.63) is 78.4 Å². The smallest absolute Gasteiger partial charge is 0.262 e. The van der Waals surface area contributed by atoms with E-state index in [4.69, 9.17) is 9.47 Å². The lowest BCUT2D eigenvalue weighted by Gasteiger charge is -2.11. The molecule has 0 aliphatic rings. The van der Waals surface area contributed by atoms with Crippen molar-refractivity contribution in [1.29, 1.82) is 0 Å². The van der Waals surface area contributed by atoms with Crippen LogP contribution in [0.3, 0.4) is 0 Å². The number of anilines is 2. The minimum Gasteiger partial charge on any atom is -0.497 e. The van der Waals surface area contributed by atoms with Gasteiger partial charge in [-0.25, -0.2) is 8.42 Å². The van der Waals surface area contributed by atoms with Crippen molar-refractivity contribution in [2.75, 3.05) is 23.8 Å². The van der Waals surface area contributed by atoms with Gasteiger partial charge in [-0.05, 0) is 55.0 Å². The number of para-hydroxylation sites is 1. The molecule has 3 rings (SSSR count). The summed E-state index contributed by atoms with van der Waals surface area (Å²) in [5.41, 5.74) is 2.06. The summed E-state index contributed by atoms with van der Waals surface area (Å²) in [6, 6.07) is 19.9. The highest BCUT2D eigenvalue weighted by atomic mass is 32.2. The first-order valence-electron chi connectivity index (χ1n) is 9.12. The fourth-order valence-corrected chi connectivity index (χ4v) is 3.71. The Morgan fingerprint density at radius 3 is 2.37 bits per heavy atom. The van der Waals surface area contributed by atoms with E-state index in [-0.39, 0.29) is 17.4 Å². The van der Waals surface area contributed by atoms with Gasteiger partial charge in [0.25, 0.3) is 15.9 Å². The third-order valence-electron chi connectivity index (χ3n) is 4.25. The predicted octanol–water partition coefficient (Wildman–Crippen LogP) is 3.82. The van der Waals surface area contributed by atoms with Crippen molar-refractivity contribution < 1.29 is 22.7 Å². The first kappa shape index (κ1) is 21.2. The van der Waals surface area contributed by atoms with Gasteiger partial charge in [0.05, 0.1) is 17.7 Å². The molecule has 0 saturated carbocycles. The normalized spacial score (nSPS) is 10.9. The summed E-state index contributed by atoms with van der Waals surface area (Å²) in [5, 5.41) is 2.77. The Kier molecular flexibility index (Phi) is 6.58. The summed E-state index contributed by atoms with van der Waals surface area (Å²) in [5.74, 6) is 0.624. The molecule has 3 aromatic carbocycles. The summed E-state index contributed by atoms with van der Waals surface area (Å²) in [6.07, 6.45) is 0. The van der Waals surface area contributed by atoms with E-state index in [0.29, 0.717) is 17.2 Å². The molecule has 3 aromatic rings. The zero-order valence-corrected chi connectivity index (χ0v) is 17.4.